The first-order valence-corrected chi connectivity index (χ1v) is 8.26. The van der Waals surface area contributed by atoms with Crippen molar-refractivity contribution in [1.82, 2.24) is 0 Å². The molecule has 0 saturated heterocycles. The van der Waals surface area contributed by atoms with Crippen molar-refractivity contribution >= 4 is 17.9 Å². The molecule has 0 unspecified atom stereocenters. The van der Waals surface area contributed by atoms with Crippen LogP contribution in [0.5, 0.6) is 11.5 Å². The Balaban J connectivity index is 0.00000176. The number of methoxy groups -OCH3 is 1. The molecule has 0 aromatic heterocycles. The first kappa shape index (κ1) is 21.9. The van der Waals surface area contributed by atoms with Gasteiger partial charge in [-0.1, -0.05) is 32.0 Å². The van der Waals surface area contributed by atoms with Crippen LogP contribution in [0.1, 0.15) is 41.5 Å². The van der Waals surface area contributed by atoms with E-state index in [0.717, 1.165) is 0 Å². The van der Waals surface area contributed by atoms with E-state index in [1.54, 1.807) is 18.2 Å². The summed E-state index contributed by atoms with van der Waals surface area (Å²) >= 11 is 0. The highest BCUT2D eigenvalue weighted by Gasteiger charge is 2.12. The molecule has 0 N–H and O–H groups in total. The minimum absolute atomic E-state index is 0.142. The number of ketones is 1. The van der Waals surface area contributed by atoms with E-state index in [0.29, 0.717) is 5.56 Å². The number of carbonyl (C=O) groups excluding carboxylic acids is 3. The largest absolute Gasteiger partial charge is 0.515 e. The van der Waals surface area contributed by atoms with Crippen molar-refractivity contribution in [2.45, 2.75) is 20.8 Å². The molecule has 0 aliphatic rings. The third-order valence-electron chi connectivity index (χ3n) is 3.02. The number of esters is 1. The van der Waals surface area contributed by atoms with Crippen LogP contribution in [0, 0.1) is 0 Å². The van der Waals surface area contributed by atoms with Gasteiger partial charge in [0, 0.05) is 18.7 Å². The van der Waals surface area contributed by atoms with Crippen LogP contribution in [0.3, 0.4) is 0 Å². The second kappa shape index (κ2) is 11.4. The van der Waals surface area contributed by atoms with Crippen LogP contribution in [0.15, 0.2) is 48.5 Å². The van der Waals surface area contributed by atoms with Gasteiger partial charge in [0.2, 0.25) is 0 Å². The van der Waals surface area contributed by atoms with Gasteiger partial charge in [0.1, 0.15) is 11.5 Å². The van der Waals surface area contributed by atoms with Gasteiger partial charge in [-0.2, -0.15) is 0 Å². The fourth-order valence-corrected chi connectivity index (χ4v) is 1.87. The fraction of sp³-hybridized carbons (Fsp3) is 0.250. The minimum atomic E-state index is -0.945. The predicted molar refractivity (Wildman–Crippen MR) is 98.2 cm³/mol. The van der Waals surface area contributed by atoms with Crippen LogP contribution in [0.25, 0.3) is 0 Å². The summed E-state index contributed by atoms with van der Waals surface area (Å²) in [7, 11) is 1.37. The van der Waals surface area contributed by atoms with Crippen molar-refractivity contribution < 1.29 is 33.3 Å². The van der Waals surface area contributed by atoms with E-state index in [-0.39, 0.29) is 29.6 Å². The summed E-state index contributed by atoms with van der Waals surface area (Å²) in [5.41, 5.74) is 0.644. The van der Waals surface area contributed by atoms with Gasteiger partial charge in [0.15, 0.2) is 12.6 Å². The monoisotopic (exact) mass is 374 g/mol. The topological polar surface area (TPSA) is 88.1 Å². The first-order chi connectivity index (χ1) is 13.0. The summed E-state index contributed by atoms with van der Waals surface area (Å²) in [5, 5.41) is 0. The summed E-state index contributed by atoms with van der Waals surface area (Å²) in [6, 6.07) is 12.1. The number of hydrogen-bond acceptors (Lipinski definition) is 7. The van der Waals surface area contributed by atoms with Crippen molar-refractivity contribution in [2.24, 2.45) is 0 Å². The van der Waals surface area contributed by atoms with Gasteiger partial charge in [-0.05, 0) is 31.2 Å². The lowest BCUT2D eigenvalue weighted by molar-refractivity contribution is -0.00776. The summed E-state index contributed by atoms with van der Waals surface area (Å²) < 4.78 is 19.3. The summed E-state index contributed by atoms with van der Waals surface area (Å²) in [5.74, 6) is -0.471. The van der Waals surface area contributed by atoms with Crippen LogP contribution in [-0.2, 0) is 9.47 Å². The van der Waals surface area contributed by atoms with Gasteiger partial charge in [-0.3, -0.25) is 4.79 Å². The molecule has 0 spiro atoms. The van der Waals surface area contributed by atoms with Crippen molar-refractivity contribution in [3.8, 4) is 11.5 Å². The van der Waals surface area contributed by atoms with Crippen LogP contribution < -0.4 is 9.47 Å². The third-order valence-corrected chi connectivity index (χ3v) is 3.02. The van der Waals surface area contributed by atoms with E-state index in [4.69, 9.17) is 9.47 Å². The van der Waals surface area contributed by atoms with E-state index in [2.05, 4.69) is 9.47 Å². The highest BCUT2D eigenvalue weighted by Crippen LogP contribution is 2.21. The summed E-state index contributed by atoms with van der Waals surface area (Å²) in [6.45, 7) is 5.17. The molecule has 27 heavy (non-hydrogen) atoms. The molecule has 0 aliphatic heterocycles. The molecule has 0 radical (unpaired) electrons. The van der Waals surface area contributed by atoms with Gasteiger partial charge >= 0.3 is 12.1 Å². The SMILES string of the molecule is CC.COCOC(=O)Oc1cccc(OC(=O)c2cccc(C(C)=O)c2)c1. The Morgan fingerprint density at radius 2 is 1.44 bits per heavy atom. The van der Waals surface area contributed by atoms with Gasteiger partial charge in [0.05, 0.1) is 5.56 Å². The van der Waals surface area contributed by atoms with Crippen molar-refractivity contribution in [2.75, 3.05) is 13.9 Å². The molecule has 0 heterocycles. The van der Waals surface area contributed by atoms with Crippen LogP contribution >= 0.6 is 0 Å². The Kier molecular flexibility index (Phi) is 9.25. The maximum absolute atomic E-state index is 12.2. The Bertz CT molecular complexity index is 783. The normalized spacial score (nSPS) is 9.48. The van der Waals surface area contributed by atoms with Gasteiger partial charge in [-0.25, -0.2) is 9.59 Å². The molecular formula is C20H22O7. The number of Topliss-reactive ketones (excluding diaryl/α,β-unsaturated/α-hetero) is 1. The smallest absolute Gasteiger partial charge is 0.423 e. The van der Waals surface area contributed by atoms with E-state index in [1.807, 2.05) is 13.8 Å². The average molecular weight is 374 g/mol. The maximum Gasteiger partial charge on any atom is 0.515 e. The van der Waals surface area contributed by atoms with Crippen LogP contribution in [0.2, 0.25) is 0 Å². The van der Waals surface area contributed by atoms with Crippen molar-refractivity contribution in [3.63, 3.8) is 0 Å². The number of rotatable bonds is 6. The zero-order valence-corrected chi connectivity index (χ0v) is 15.7. The predicted octanol–water partition coefficient (Wildman–Crippen LogP) is 4.25. The molecule has 2 aromatic carbocycles. The number of hydrogen-bond donors (Lipinski definition) is 0. The average Bonchev–Trinajstić information content (AvgIpc) is 2.68. The van der Waals surface area contributed by atoms with Gasteiger partial charge < -0.3 is 18.9 Å². The molecule has 0 amide bonds. The molecule has 7 nitrogen and oxygen atoms in total. The Morgan fingerprint density at radius 3 is 2.07 bits per heavy atom. The fourth-order valence-electron chi connectivity index (χ4n) is 1.87. The second-order valence-electron chi connectivity index (χ2n) is 4.90. The molecule has 0 fully saturated rings. The lowest BCUT2D eigenvalue weighted by atomic mass is 10.1. The van der Waals surface area contributed by atoms with Crippen LogP contribution in [0.4, 0.5) is 4.79 Å². The van der Waals surface area contributed by atoms with Gasteiger partial charge in [-0.15, -0.1) is 0 Å². The Morgan fingerprint density at radius 1 is 0.852 bits per heavy atom. The zero-order valence-electron chi connectivity index (χ0n) is 15.7. The molecule has 0 saturated carbocycles. The molecule has 0 atom stereocenters. The zero-order chi connectivity index (χ0) is 20.2. The standard InChI is InChI=1S/C18H16O7.C2H6/c1-12(19)13-5-3-6-14(9-13)17(20)24-15-7-4-8-16(10-15)25-18(21)23-11-22-2;1-2/h3-10H,11H2,1-2H3;1-2H3. The lowest BCUT2D eigenvalue weighted by Crippen LogP contribution is -2.12. The highest BCUT2D eigenvalue weighted by atomic mass is 16.8. The first-order valence-electron chi connectivity index (χ1n) is 8.26. The van der Waals surface area contributed by atoms with E-state index >= 15 is 0 Å². The van der Waals surface area contributed by atoms with Crippen LogP contribution in [-0.4, -0.2) is 31.8 Å². The second-order valence-corrected chi connectivity index (χ2v) is 4.90. The van der Waals surface area contributed by atoms with Crippen molar-refractivity contribution in [3.05, 3.63) is 59.7 Å². The lowest BCUT2D eigenvalue weighted by Gasteiger charge is -2.08. The van der Waals surface area contributed by atoms with Crippen molar-refractivity contribution in [1.29, 1.82) is 0 Å². The molecule has 0 bridgehead atoms. The maximum atomic E-state index is 12.2. The van der Waals surface area contributed by atoms with E-state index in [9.17, 15) is 14.4 Å². The molecule has 7 heteroatoms. The quantitative estimate of drug-likeness (QED) is 0.245. The molecule has 2 rings (SSSR count). The van der Waals surface area contributed by atoms with E-state index in [1.165, 1.54) is 44.4 Å². The van der Waals surface area contributed by atoms with E-state index < -0.39 is 12.1 Å². The number of carbonyl (C=O) groups is 3. The Hall–Kier alpha value is -3.19. The molecule has 144 valence electrons. The molecule has 0 aliphatic carbocycles. The summed E-state index contributed by atoms with van der Waals surface area (Å²) in [4.78, 5) is 34.9. The molecular weight excluding hydrogens is 352 g/mol. The van der Waals surface area contributed by atoms with Gasteiger partial charge in [0.25, 0.3) is 0 Å². The number of ether oxygens (including phenoxy) is 4. The Labute approximate surface area is 157 Å². The third kappa shape index (κ3) is 7.29. The highest BCUT2D eigenvalue weighted by molar-refractivity contribution is 5.98. The number of benzene rings is 2. The summed E-state index contributed by atoms with van der Waals surface area (Å²) in [6.07, 6.45) is -0.945. The molecule has 2 aromatic rings. The minimum Gasteiger partial charge on any atom is -0.423 e.